The first-order valence-electron chi connectivity index (χ1n) is 6.72. The summed E-state index contributed by atoms with van der Waals surface area (Å²) in [6, 6.07) is 5.43. The molecule has 5 nitrogen and oxygen atoms in total. The topological polar surface area (TPSA) is 67.6 Å². The van der Waals surface area contributed by atoms with Crippen molar-refractivity contribution in [2.24, 2.45) is 0 Å². The van der Waals surface area contributed by atoms with Crippen molar-refractivity contribution in [1.82, 2.24) is 4.90 Å². The van der Waals surface area contributed by atoms with Crippen LogP contribution in [0.25, 0.3) is 0 Å². The molecule has 2 rings (SSSR count). The molecule has 1 fully saturated rings. The van der Waals surface area contributed by atoms with Crippen molar-refractivity contribution in [1.29, 1.82) is 0 Å². The number of nitrogens with two attached hydrogens (primary N) is 1. The van der Waals surface area contributed by atoms with Crippen molar-refractivity contribution >= 4 is 17.3 Å². The summed E-state index contributed by atoms with van der Waals surface area (Å²) in [4.78, 5) is 14.3. The summed E-state index contributed by atoms with van der Waals surface area (Å²) in [7, 11) is 0. The molecule has 104 valence electrons. The number of hydrogen-bond acceptors (Lipinski definition) is 4. The van der Waals surface area contributed by atoms with Crippen LogP contribution in [-0.2, 0) is 4.74 Å². The van der Waals surface area contributed by atoms with Crippen LogP contribution in [0.5, 0.6) is 0 Å². The average Bonchev–Trinajstić information content (AvgIpc) is 2.46. The molecule has 1 aliphatic rings. The molecule has 0 radical (unpaired) electrons. The minimum atomic E-state index is 0.0224. The number of nitrogen functional groups attached to an aromatic ring is 1. The van der Waals surface area contributed by atoms with Crippen molar-refractivity contribution in [3.05, 3.63) is 23.8 Å². The van der Waals surface area contributed by atoms with E-state index in [1.807, 2.05) is 17.0 Å². The first-order chi connectivity index (χ1) is 9.22. The van der Waals surface area contributed by atoms with E-state index >= 15 is 0 Å². The summed E-state index contributed by atoms with van der Waals surface area (Å²) in [5.74, 6) is 0.0224. The molecule has 1 aromatic rings. The third-order valence-electron chi connectivity index (χ3n) is 3.14. The standard InChI is InChI=1S/C14H21N3O2/c1-2-5-16-13-4-3-11(15)10-12(13)14(18)17-6-8-19-9-7-17/h3-4,10,16H,2,5-9,15H2,1H3. The Morgan fingerprint density at radius 3 is 2.84 bits per heavy atom. The molecule has 1 aliphatic heterocycles. The van der Waals surface area contributed by atoms with Crippen molar-refractivity contribution in [2.45, 2.75) is 13.3 Å². The Morgan fingerprint density at radius 1 is 1.42 bits per heavy atom. The molecule has 5 heteroatoms. The van der Waals surface area contributed by atoms with E-state index in [-0.39, 0.29) is 5.91 Å². The minimum Gasteiger partial charge on any atom is -0.399 e. The van der Waals surface area contributed by atoms with Crippen LogP contribution in [-0.4, -0.2) is 43.7 Å². The van der Waals surface area contributed by atoms with E-state index in [1.54, 1.807) is 6.07 Å². The number of nitrogens with zero attached hydrogens (tertiary/aromatic N) is 1. The number of amides is 1. The molecule has 0 unspecified atom stereocenters. The number of benzene rings is 1. The maximum atomic E-state index is 12.5. The Hall–Kier alpha value is -1.75. The van der Waals surface area contributed by atoms with Crippen molar-refractivity contribution in [2.75, 3.05) is 43.9 Å². The maximum Gasteiger partial charge on any atom is 0.256 e. The van der Waals surface area contributed by atoms with Crippen molar-refractivity contribution in [3.8, 4) is 0 Å². The summed E-state index contributed by atoms with van der Waals surface area (Å²) in [6.07, 6.45) is 1.01. The van der Waals surface area contributed by atoms with E-state index in [1.165, 1.54) is 0 Å². The number of anilines is 2. The highest BCUT2D eigenvalue weighted by atomic mass is 16.5. The van der Waals surface area contributed by atoms with Crippen LogP contribution in [0.15, 0.2) is 18.2 Å². The van der Waals surface area contributed by atoms with Gasteiger partial charge < -0.3 is 20.7 Å². The van der Waals surface area contributed by atoms with Crippen molar-refractivity contribution < 1.29 is 9.53 Å². The highest BCUT2D eigenvalue weighted by molar-refractivity contribution is 6.00. The van der Waals surface area contributed by atoms with Gasteiger partial charge in [0, 0.05) is 31.0 Å². The van der Waals surface area contributed by atoms with E-state index in [0.29, 0.717) is 37.6 Å². The Bertz CT molecular complexity index is 442. The van der Waals surface area contributed by atoms with Crippen LogP contribution in [0.3, 0.4) is 0 Å². The predicted octanol–water partition coefficient (Wildman–Crippen LogP) is 1.56. The molecule has 1 heterocycles. The summed E-state index contributed by atoms with van der Waals surface area (Å²) < 4.78 is 5.27. The molecule has 1 amide bonds. The van der Waals surface area contributed by atoms with Gasteiger partial charge in [0.15, 0.2) is 0 Å². The fraction of sp³-hybridized carbons (Fsp3) is 0.500. The second-order valence-electron chi connectivity index (χ2n) is 4.64. The van der Waals surface area contributed by atoms with Gasteiger partial charge in [-0.05, 0) is 24.6 Å². The zero-order chi connectivity index (χ0) is 13.7. The normalized spacial score (nSPS) is 15.3. The van der Waals surface area contributed by atoms with Gasteiger partial charge >= 0.3 is 0 Å². The minimum absolute atomic E-state index is 0.0224. The zero-order valence-electron chi connectivity index (χ0n) is 11.3. The first kappa shape index (κ1) is 13.7. The Morgan fingerprint density at radius 2 is 2.16 bits per heavy atom. The highest BCUT2D eigenvalue weighted by Gasteiger charge is 2.21. The number of carbonyl (C=O) groups is 1. The van der Waals surface area contributed by atoms with Crippen LogP contribution in [0.2, 0.25) is 0 Å². The Balaban J connectivity index is 2.20. The van der Waals surface area contributed by atoms with E-state index < -0.39 is 0 Å². The second kappa shape index (κ2) is 6.43. The van der Waals surface area contributed by atoms with Gasteiger partial charge in [0.2, 0.25) is 0 Å². The SMILES string of the molecule is CCCNc1ccc(N)cc1C(=O)N1CCOCC1. The molecule has 0 atom stereocenters. The summed E-state index contributed by atoms with van der Waals surface area (Å²) in [5, 5.41) is 3.28. The third-order valence-corrected chi connectivity index (χ3v) is 3.14. The molecule has 1 saturated heterocycles. The fourth-order valence-corrected chi connectivity index (χ4v) is 2.09. The van der Waals surface area contributed by atoms with Crippen LogP contribution in [0.1, 0.15) is 23.7 Å². The molecule has 0 aromatic heterocycles. The lowest BCUT2D eigenvalue weighted by Gasteiger charge is -2.27. The number of nitrogens with one attached hydrogen (secondary N) is 1. The van der Waals surface area contributed by atoms with E-state index in [9.17, 15) is 4.79 Å². The molecule has 19 heavy (non-hydrogen) atoms. The lowest BCUT2D eigenvalue weighted by Crippen LogP contribution is -2.41. The van der Waals surface area contributed by atoms with Crippen LogP contribution in [0, 0.1) is 0 Å². The van der Waals surface area contributed by atoms with E-state index in [2.05, 4.69) is 12.2 Å². The van der Waals surface area contributed by atoms with Gasteiger partial charge in [0.25, 0.3) is 5.91 Å². The second-order valence-corrected chi connectivity index (χ2v) is 4.64. The molecule has 0 saturated carbocycles. The van der Waals surface area contributed by atoms with Gasteiger partial charge in [-0.15, -0.1) is 0 Å². The monoisotopic (exact) mass is 263 g/mol. The lowest BCUT2D eigenvalue weighted by molar-refractivity contribution is 0.0303. The fourth-order valence-electron chi connectivity index (χ4n) is 2.09. The lowest BCUT2D eigenvalue weighted by atomic mass is 10.1. The van der Waals surface area contributed by atoms with Gasteiger partial charge in [-0.1, -0.05) is 6.92 Å². The Labute approximate surface area is 113 Å². The highest BCUT2D eigenvalue weighted by Crippen LogP contribution is 2.21. The molecule has 0 bridgehead atoms. The van der Waals surface area contributed by atoms with Gasteiger partial charge in [0.05, 0.1) is 18.8 Å². The number of morpholine rings is 1. The molecule has 1 aromatic carbocycles. The number of ether oxygens (including phenoxy) is 1. The smallest absolute Gasteiger partial charge is 0.256 e. The van der Waals surface area contributed by atoms with Gasteiger partial charge in [-0.3, -0.25) is 4.79 Å². The van der Waals surface area contributed by atoms with Crippen LogP contribution >= 0.6 is 0 Å². The quantitative estimate of drug-likeness (QED) is 0.809. The van der Waals surface area contributed by atoms with Crippen LogP contribution in [0.4, 0.5) is 11.4 Å². The molecular formula is C14H21N3O2. The van der Waals surface area contributed by atoms with Crippen molar-refractivity contribution in [3.63, 3.8) is 0 Å². The number of carbonyl (C=O) groups excluding carboxylic acids is 1. The van der Waals surface area contributed by atoms with E-state index in [0.717, 1.165) is 18.7 Å². The summed E-state index contributed by atoms with van der Waals surface area (Å²) in [6.45, 7) is 5.42. The maximum absolute atomic E-state index is 12.5. The number of hydrogen-bond donors (Lipinski definition) is 2. The third kappa shape index (κ3) is 3.38. The molecule has 0 spiro atoms. The molecule has 3 N–H and O–H groups in total. The van der Waals surface area contributed by atoms with Gasteiger partial charge in [0.1, 0.15) is 0 Å². The molecule has 0 aliphatic carbocycles. The first-order valence-corrected chi connectivity index (χ1v) is 6.72. The Kier molecular flexibility index (Phi) is 4.63. The largest absolute Gasteiger partial charge is 0.399 e. The predicted molar refractivity (Wildman–Crippen MR) is 76.4 cm³/mol. The average molecular weight is 263 g/mol. The summed E-state index contributed by atoms with van der Waals surface area (Å²) in [5.41, 5.74) is 7.91. The van der Waals surface area contributed by atoms with Gasteiger partial charge in [-0.2, -0.15) is 0 Å². The molecular weight excluding hydrogens is 242 g/mol. The van der Waals surface area contributed by atoms with Gasteiger partial charge in [-0.25, -0.2) is 0 Å². The summed E-state index contributed by atoms with van der Waals surface area (Å²) >= 11 is 0. The number of rotatable bonds is 4. The van der Waals surface area contributed by atoms with E-state index in [4.69, 9.17) is 10.5 Å². The van der Waals surface area contributed by atoms with Crippen LogP contribution < -0.4 is 11.1 Å². The zero-order valence-corrected chi connectivity index (χ0v) is 11.3.